The molecule has 3 aromatic rings. The Kier molecular flexibility index (Phi) is 4.27. The minimum atomic E-state index is -1.04. The van der Waals surface area contributed by atoms with E-state index in [0.717, 1.165) is 51.7 Å². The highest BCUT2D eigenvalue weighted by molar-refractivity contribution is 5.81. The van der Waals surface area contributed by atoms with Gasteiger partial charge < -0.3 is 10.2 Å². The molecule has 2 unspecified atom stereocenters. The molecular weight excluding hydrogens is 354 g/mol. The fourth-order valence-corrected chi connectivity index (χ4v) is 4.45. The van der Waals surface area contributed by atoms with Gasteiger partial charge in [-0.3, -0.25) is 4.79 Å². The summed E-state index contributed by atoms with van der Waals surface area (Å²) in [4.78, 5) is 12.2. The van der Waals surface area contributed by atoms with Crippen LogP contribution in [0.3, 0.4) is 0 Å². The number of carbonyl (C=O) groups is 1. The Morgan fingerprint density at radius 3 is 2.75 bits per heavy atom. The van der Waals surface area contributed by atoms with Gasteiger partial charge in [-0.1, -0.05) is 29.5 Å². The molecule has 0 saturated heterocycles. The summed E-state index contributed by atoms with van der Waals surface area (Å²) in [5.41, 5.74) is 5.48. The fraction of sp³-hybridized carbons (Fsp3) is 0.409. The first-order valence-electron chi connectivity index (χ1n) is 9.55. The number of fused-ring (bicyclic) bond motifs is 2. The van der Waals surface area contributed by atoms with Crippen LogP contribution in [0.2, 0.25) is 0 Å². The Labute approximate surface area is 163 Å². The maximum atomic E-state index is 12.2. The fourth-order valence-electron chi connectivity index (χ4n) is 4.45. The largest absolute Gasteiger partial charge is 0.481 e. The van der Waals surface area contributed by atoms with E-state index < -0.39 is 17.5 Å². The zero-order valence-corrected chi connectivity index (χ0v) is 16.6. The molecule has 6 nitrogen and oxygen atoms in total. The molecule has 0 amide bonds. The van der Waals surface area contributed by atoms with Gasteiger partial charge in [0.2, 0.25) is 0 Å². The minimum absolute atomic E-state index is 0.380. The van der Waals surface area contributed by atoms with Crippen LogP contribution in [0.25, 0.3) is 11.0 Å². The van der Waals surface area contributed by atoms with Gasteiger partial charge in [0.1, 0.15) is 5.52 Å². The van der Waals surface area contributed by atoms with Crippen molar-refractivity contribution in [3.63, 3.8) is 0 Å². The summed E-state index contributed by atoms with van der Waals surface area (Å²) >= 11 is 0. The van der Waals surface area contributed by atoms with Gasteiger partial charge in [0.05, 0.1) is 17.0 Å². The van der Waals surface area contributed by atoms with Crippen molar-refractivity contribution in [3.05, 3.63) is 58.1 Å². The van der Waals surface area contributed by atoms with Crippen molar-refractivity contribution in [2.45, 2.75) is 45.6 Å². The van der Waals surface area contributed by atoms with Gasteiger partial charge in [-0.05, 0) is 67.5 Å². The standard InChI is InChI=1S/C22H25N3O3/c1-12-15(8-9-17-20(12)23-24-25(17)4)19(22(2,3)21(27)28)14-6-5-13-7-10-18(26)16(13)11-14/h5-6,8-9,11,18-19,26H,7,10H2,1-4H3,(H,27,28). The summed E-state index contributed by atoms with van der Waals surface area (Å²) in [5, 5.41) is 28.7. The highest BCUT2D eigenvalue weighted by Gasteiger charge is 2.40. The quantitative estimate of drug-likeness (QED) is 0.724. The number of aliphatic hydroxyl groups is 1. The highest BCUT2D eigenvalue weighted by Crippen LogP contribution is 2.45. The number of aliphatic carboxylic acids is 1. The van der Waals surface area contributed by atoms with E-state index in [0.29, 0.717) is 0 Å². The van der Waals surface area contributed by atoms with Crippen LogP contribution in [-0.4, -0.2) is 31.2 Å². The number of rotatable bonds is 4. The lowest BCUT2D eigenvalue weighted by Crippen LogP contribution is -2.32. The van der Waals surface area contributed by atoms with Crippen molar-refractivity contribution in [3.8, 4) is 0 Å². The summed E-state index contributed by atoms with van der Waals surface area (Å²) in [5.74, 6) is -1.24. The molecule has 1 aliphatic carbocycles. The molecule has 6 heteroatoms. The number of aliphatic hydroxyl groups excluding tert-OH is 1. The molecule has 0 saturated carbocycles. The minimum Gasteiger partial charge on any atom is -0.481 e. The number of hydrogen-bond donors (Lipinski definition) is 2. The van der Waals surface area contributed by atoms with E-state index >= 15 is 0 Å². The number of nitrogens with zero attached hydrogens (tertiary/aromatic N) is 3. The lowest BCUT2D eigenvalue weighted by atomic mass is 9.69. The molecule has 0 radical (unpaired) electrons. The summed E-state index contributed by atoms with van der Waals surface area (Å²) in [6.45, 7) is 5.48. The van der Waals surface area contributed by atoms with Gasteiger partial charge in [-0.2, -0.15) is 0 Å². The zero-order chi connectivity index (χ0) is 20.2. The summed E-state index contributed by atoms with van der Waals surface area (Å²) in [7, 11) is 1.84. The third-order valence-corrected chi connectivity index (χ3v) is 6.21. The van der Waals surface area contributed by atoms with Crippen LogP contribution in [0.4, 0.5) is 0 Å². The molecule has 1 aromatic heterocycles. The van der Waals surface area contributed by atoms with Crippen molar-refractivity contribution in [1.29, 1.82) is 0 Å². The van der Waals surface area contributed by atoms with E-state index in [1.807, 2.05) is 44.3 Å². The van der Waals surface area contributed by atoms with E-state index in [2.05, 4.69) is 10.3 Å². The SMILES string of the molecule is Cc1c(C(c2ccc3c(c2)C(O)CC3)C(C)(C)C(=O)O)ccc2c1nnn2C. The first-order valence-corrected chi connectivity index (χ1v) is 9.55. The highest BCUT2D eigenvalue weighted by atomic mass is 16.4. The third-order valence-electron chi connectivity index (χ3n) is 6.21. The molecule has 0 bridgehead atoms. The summed E-state index contributed by atoms with van der Waals surface area (Å²) in [6.07, 6.45) is 1.09. The van der Waals surface area contributed by atoms with E-state index in [1.165, 1.54) is 0 Å². The number of carboxylic acids is 1. The lowest BCUT2D eigenvalue weighted by molar-refractivity contribution is -0.147. The van der Waals surface area contributed by atoms with E-state index in [9.17, 15) is 15.0 Å². The smallest absolute Gasteiger partial charge is 0.310 e. The first-order chi connectivity index (χ1) is 13.2. The lowest BCUT2D eigenvalue weighted by Gasteiger charge is -2.33. The molecule has 0 aliphatic heterocycles. The molecule has 0 fully saturated rings. The average Bonchev–Trinajstić information content (AvgIpc) is 3.21. The number of carboxylic acid groups (broad SMARTS) is 1. The van der Waals surface area contributed by atoms with Crippen LogP contribution in [-0.2, 0) is 18.3 Å². The third kappa shape index (κ3) is 2.71. The maximum Gasteiger partial charge on any atom is 0.310 e. The zero-order valence-electron chi connectivity index (χ0n) is 16.6. The van der Waals surface area contributed by atoms with Crippen LogP contribution < -0.4 is 0 Å². The van der Waals surface area contributed by atoms with Gasteiger partial charge in [-0.25, -0.2) is 4.68 Å². The first kappa shape index (κ1) is 18.6. The second kappa shape index (κ2) is 6.41. The topological polar surface area (TPSA) is 88.2 Å². The van der Waals surface area contributed by atoms with E-state index in [1.54, 1.807) is 18.5 Å². The molecule has 146 valence electrons. The second-order valence-corrected chi connectivity index (χ2v) is 8.33. The van der Waals surface area contributed by atoms with Gasteiger partial charge >= 0.3 is 5.97 Å². The summed E-state index contributed by atoms with van der Waals surface area (Å²) in [6, 6.07) is 9.96. The van der Waals surface area contributed by atoms with Crippen molar-refractivity contribution >= 4 is 17.0 Å². The number of aryl methyl sites for hydroxylation is 3. The molecule has 1 heterocycles. The van der Waals surface area contributed by atoms with Crippen LogP contribution in [0, 0.1) is 12.3 Å². The second-order valence-electron chi connectivity index (χ2n) is 8.33. The number of hydrogen-bond acceptors (Lipinski definition) is 4. The molecule has 2 N–H and O–H groups in total. The van der Waals surface area contributed by atoms with Crippen LogP contribution >= 0.6 is 0 Å². The summed E-state index contributed by atoms with van der Waals surface area (Å²) < 4.78 is 1.72. The van der Waals surface area contributed by atoms with Crippen LogP contribution in [0.1, 0.15) is 60.1 Å². The Hall–Kier alpha value is -2.73. The molecule has 28 heavy (non-hydrogen) atoms. The Morgan fingerprint density at radius 1 is 1.29 bits per heavy atom. The Balaban J connectivity index is 1.94. The van der Waals surface area contributed by atoms with Crippen LogP contribution in [0.15, 0.2) is 30.3 Å². The van der Waals surface area contributed by atoms with Crippen molar-refractivity contribution in [1.82, 2.24) is 15.0 Å². The molecule has 2 atom stereocenters. The van der Waals surface area contributed by atoms with E-state index in [4.69, 9.17) is 0 Å². The van der Waals surface area contributed by atoms with Crippen LogP contribution in [0.5, 0.6) is 0 Å². The normalized spacial score (nSPS) is 17.7. The molecular formula is C22H25N3O3. The number of benzene rings is 2. The van der Waals surface area contributed by atoms with Gasteiger partial charge in [0.25, 0.3) is 0 Å². The van der Waals surface area contributed by atoms with Gasteiger partial charge in [0.15, 0.2) is 0 Å². The van der Waals surface area contributed by atoms with Gasteiger partial charge in [-0.15, -0.1) is 5.10 Å². The Morgan fingerprint density at radius 2 is 2.04 bits per heavy atom. The molecule has 1 aliphatic rings. The number of aromatic nitrogens is 3. The van der Waals surface area contributed by atoms with E-state index in [-0.39, 0.29) is 5.92 Å². The molecule has 0 spiro atoms. The van der Waals surface area contributed by atoms with Crippen molar-refractivity contribution < 1.29 is 15.0 Å². The van der Waals surface area contributed by atoms with Crippen molar-refractivity contribution in [2.24, 2.45) is 12.5 Å². The Bertz CT molecular complexity index is 1080. The monoisotopic (exact) mass is 379 g/mol. The van der Waals surface area contributed by atoms with Gasteiger partial charge in [0, 0.05) is 13.0 Å². The molecule has 4 rings (SSSR count). The predicted octanol–water partition coefficient (Wildman–Crippen LogP) is 3.50. The van der Waals surface area contributed by atoms with Crippen molar-refractivity contribution in [2.75, 3.05) is 0 Å². The maximum absolute atomic E-state index is 12.2. The molecule has 2 aromatic carbocycles. The average molecular weight is 379 g/mol. The predicted molar refractivity (Wildman–Crippen MR) is 106 cm³/mol.